The molecule has 63 heavy (non-hydrogen) atoms. The van der Waals surface area contributed by atoms with E-state index in [0.717, 1.165) is 75.3 Å². The van der Waals surface area contributed by atoms with Crippen molar-refractivity contribution in [1.82, 2.24) is 19.8 Å². The number of anilines is 2. The van der Waals surface area contributed by atoms with Gasteiger partial charge in [-0.25, -0.2) is 9.97 Å². The van der Waals surface area contributed by atoms with Crippen molar-refractivity contribution in [3.05, 3.63) is 77.5 Å². The number of hydrogen-bond donors (Lipinski definition) is 1. The van der Waals surface area contributed by atoms with E-state index >= 15 is 0 Å². The van der Waals surface area contributed by atoms with Gasteiger partial charge in [-0.1, -0.05) is 45.9 Å². The number of piperidine rings is 2. The Morgan fingerprint density at radius 1 is 0.698 bits per heavy atom. The fourth-order valence-corrected chi connectivity index (χ4v) is 12.4. The van der Waals surface area contributed by atoms with Crippen LogP contribution >= 0.6 is 77.7 Å². The molecule has 4 aliphatic rings. The molecule has 4 atom stereocenters. The lowest BCUT2D eigenvalue weighted by Gasteiger charge is -2.43. The second-order valence-electron chi connectivity index (χ2n) is 16.7. The number of aromatic nitrogens is 2. The Kier molecular flexibility index (Phi) is 18.1. The number of aliphatic carboxylic acids is 1. The van der Waals surface area contributed by atoms with Gasteiger partial charge in [0.2, 0.25) is 0 Å². The number of carbonyl (C=O) groups is 2. The minimum Gasteiger partial charge on any atom is -0.494 e. The van der Waals surface area contributed by atoms with Crippen LogP contribution in [0.25, 0.3) is 0 Å². The van der Waals surface area contributed by atoms with Crippen molar-refractivity contribution in [2.75, 3.05) is 82.5 Å². The first kappa shape index (κ1) is 48.2. The lowest BCUT2D eigenvalue weighted by Crippen LogP contribution is -2.52. The number of esters is 1. The Hall–Kier alpha value is -2.70. The van der Waals surface area contributed by atoms with Crippen molar-refractivity contribution in [2.24, 2.45) is 11.8 Å². The summed E-state index contributed by atoms with van der Waals surface area (Å²) in [5.74, 6) is 1.34. The van der Waals surface area contributed by atoms with Crippen LogP contribution in [0.15, 0.2) is 56.4 Å². The Bertz CT molecular complexity index is 2120. The number of thiazole rings is 2. The number of hydrogen-bond acceptors (Lipinski definition) is 13. The normalized spacial score (nSPS) is 21.9. The average Bonchev–Trinajstić information content (AvgIpc) is 4.11. The van der Waals surface area contributed by atoms with Crippen LogP contribution < -0.4 is 19.3 Å². The molecule has 0 bridgehead atoms. The molecule has 12 nitrogen and oxygen atoms in total. The molecular weight excluding hydrogens is 1020 g/mol. The monoisotopic (exact) mass is 1070 g/mol. The molecule has 4 fully saturated rings. The Morgan fingerprint density at radius 3 is 1.54 bits per heavy atom. The van der Waals surface area contributed by atoms with Gasteiger partial charge in [0.25, 0.3) is 0 Å². The van der Waals surface area contributed by atoms with Crippen LogP contribution in [-0.2, 0) is 27.2 Å². The number of carbonyl (C=O) groups excluding carboxylic acids is 1. The van der Waals surface area contributed by atoms with Gasteiger partial charge in [-0.2, -0.15) is 0 Å². The van der Waals surface area contributed by atoms with E-state index in [4.69, 9.17) is 42.5 Å². The van der Waals surface area contributed by atoms with E-state index in [0.29, 0.717) is 64.2 Å². The zero-order valence-electron chi connectivity index (χ0n) is 35.6. The van der Waals surface area contributed by atoms with Crippen molar-refractivity contribution in [2.45, 2.75) is 76.3 Å². The second kappa shape index (κ2) is 23.7. The van der Waals surface area contributed by atoms with Crippen LogP contribution in [0.2, 0.25) is 10.0 Å². The van der Waals surface area contributed by atoms with Crippen LogP contribution in [0.4, 0.5) is 10.3 Å². The average molecular weight is 1070 g/mol. The number of methoxy groups -OCH3 is 1. The number of carboxylic acids is 1. The second-order valence-corrected chi connectivity index (χ2v) is 22.3. The van der Waals surface area contributed by atoms with Gasteiger partial charge in [0.05, 0.1) is 53.1 Å². The zero-order valence-corrected chi connectivity index (χ0v) is 41.9. The summed E-state index contributed by atoms with van der Waals surface area (Å²) in [5, 5.41) is 12.3. The van der Waals surface area contributed by atoms with E-state index in [9.17, 15) is 9.59 Å². The summed E-state index contributed by atoms with van der Waals surface area (Å²) in [6.07, 6.45) is 13.2. The molecule has 0 saturated carbocycles. The van der Waals surface area contributed by atoms with E-state index in [1.807, 2.05) is 24.5 Å². The van der Waals surface area contributed by atoms with E-state index in [-0.39, 0.29) is 18.8 Å². The minimum atomic E-state index is -0.874. The molecule has 0 spiro atoms. The molecule has 2 aromatic carbocycles. The molecule has 342 valence electrons. The van der Waals surface area contributed by atoms with E-state index in [1.165, 1.54) is 59.0 Å². The molecule has 0 radical (unpaired) electrons. The number of ether oxygens (including phenoxy) is 3. The molecule has 6 heterocycles. The summed E-state index contributed by atoms with van der Waals surface area (Å²) >= 11 is 22.9. The maximum atomic E-state index is 11.6. The molecule has 0 aliphatic carbocycles. The first-order valence-electron chi connectivity index (χ1n) is 21.8. The van der Waals surface area contributed by atoms with Gasteiger partial charge >= 0.3 is 11.9 Å². The SMILES string of the molecule is COC(=O)Cc1cc(Cl)cc(OCCC2CCN(c3ncc(Br)s3)CC2N2CCCC2)c1.O=C(O)Cc1cc(Cl)cc(OCCC2CCN(c3ncc(Br)s3)CC2N2CCCC2)c1. The first-order valence-corrected chi connectivity index (χ1v) is 25.8. The molecule has 8 rings (SSSR count). The summed E-state index contributed by atoms with van der Waals surface area (Å²) < 4.78 is 19.0. The number of halogens is 4. The molecule has 4 unspecified atom stereocenters. The Balaban J connectivity index is 0.000000189. The maximum absolute atomic E-state index is 11.6. The third-order valence-corrected chi connectivity index (χ3v) is 16.0. The van der Waals surface area contributed by atoms with E-state index in [1.54, 1.807) is 46.9 Å². The molecular formula is C45H56Br2Cl2N6O6S2. The molecule has 2 aromatic heterocycles. The van der Waals surface area contributed by atoms with Gasteiger partial charge in [0.1, 0.15) is 11.5 Å². The molecule has 4 saturated heterocycles. The topological polar surface area (TPSA) is 121 Å². The van der Waals surface area contributed by atoms with Gasteiger partial charge in [0, 0.05) is 48.3 Å². The maximum Gasteiger partial charge on any atom is 0.309 e. The summed E-state index contributed by atoms with van der Waals surface area (Å²) in [6.45, 7) is 10.0. The van der Waals surface area contributed by atoms with Crippen molar-refractivity contribution in [3.8, 4) is 11.5 Å². The lowest BCUT2D eigenvalue weighted by molar-refractivity contribution is -0.140. The molecule has 18 heteroatoms. The zero-order chi connectivity index (χ0) is 44.3. The summed E-state index contributed by atoms with van der Waals surface area (Å²) in [7, 11) is 1.39. The molecule has 0 amide bonds. The highest BCUT2D eigenvalue weighted by Crippen LogP contribution is 2.36. The van der Waals surface area contributed by atoms with Gasteiger partial charge in [-0.15, -0.1) is 0 Å². The Morgan fingerprint density at radius 2 is 1.14 bits per heavy atom. The highest BCUT2D eigenvalue weighted by Gasteiger charge is 2.37. The minimum absolute atomic E-state index is 0.0563. The van der Waals surface area contributed by atoms with Crippen molar-refractivity contribution >= 4 is 99.9 Å². The summed E-state index contributed by atoms with van der Waals surface area (Å²) in [5.41, 5.74) is 1.46. The fraction of sp³-hybridized carbons (Fsp3) is 0.556. The van der Waals surface area contributed by atoms with Gasteiger partial charge in [-0.05, 0) is 169 Å². The fourth-order valence-electron chi connectivity index (χ4n) is 9.42. The number of benzene rings is 2. The van der Waals surface area contributed by atoms with Crippen molar-refractivity contribution in [3.63, 3.8) is 0 Å². The Labute approximate surface area is 405 Å². The number of carboxylic acid groups (broad SMARTS) is 1. The highest BCUT2D eigenvalue weighted by atomic mass is 79.9. The smallest absolute Gasteiger partial charge is 0.309 e. The van der Waals surface area contributed by atoms with Gasteiger partial charge in [0.15, 0.2) is 10.3 Å². The standard InChI is InChI=1S/C23H29BrClN3O3S.C22H27BrClN3O3S/c1-30-22(29)12-16-10-18(25)13-19(11-16)31-9-5-17-4-8-28(23-26-14-21(24)32-23)15-20(17)27-6-2-3-7-27;23-20-13-25-22(31-20)27-7-3-16(19(14-27)26-5-1-2-6-26)4-8-30-18-10-15(11-21(28)29)9-17(24)12-18/h10-11,13-14,17,20H,2-9,12,15H2,1H3;9-10,12-13,16,19H,1-8,11,14H2,(H,28,29). The lowest BCUT2D eigenvalue weighted by atomic mass is 9.88. The predicted octanol–water partition coefficient (Wildman–Crippen LogP) is 9.98. The largest absolute Gasteiger partial charge is 0.494 e. The van der Waals surface area contributed by atoms with Crippen LogP contribution in [0, 0.1) is 11.8 Å². The third kappa shape index (κ3) is 14.2. The molecule has 4 aromatic rings. The van der Waals surface area contributed by atoms with Crippen LogP contribution in [0.3, 0.4) is 0 Å². The van der Waals surface area contributed by atoms with Gasteiger partial charge < -0.3 is 29.1 Å². The van der Waals surface area contributed by atoms with Crippen molar-refractivity contribution < 1.29 is 28.9 Å². The van der Waals surface area contributed by atoms with E-state index in [2.05, 4.69) is 61.4 Å². The van der Waals surface area contributed by atoms with Crippen LogP contribution in [0.5, 0.6) is 11.5 Å². The first-order chi connectivity index (χ1) is 30.5. The van der Waals surface area contributed by atoms with Crippen molar-refractivity contribution in [1.29, 1.82) is 0 Å². The van der Waals surface area contributed by atoms with E-state index < -0.39 is 5.97 Å². The molecule has 1 N–H and O–H groups in total. The van der Waals surface area contributed by atoms with Crippen LogP contribution in [0.1, 0.15) is 62.5 Å². The summed E-state index contributed by atoms with van der Waals surface area (Å²) in [4.78, 5) is 41.9. The number of likely N-dealkylation sites (tertiary alicyclic amines) is 2. The predicted molar refractivity (Wildman–Crippen MR) is 260 cm³/mol. The van der Waals surface area contributed by atoms with Gasteiger partial charge in [-0.3, -0.25) is 19.4 Å². The highest BCUT2D eigenvalue weighted by molar-refractivity contribution is 9.11. The summed E-state index contributed by atoms with van der Waals surface area (Å²) in [6, 6.07) is 11.7. The van der Waals surface area contributed by atoms with Crippen LogP contribution in [-0.4, -0.2) is 122 Å². The molecule has 4 aliphatic heterocycles. The quantitative estimate of drug-likeness (QED) is 0.108. The third-order valence-electron chi connectivity index (χ3n) is 12.4. The number of nitrogens with zero attached hydrogens (tertiary/aromatic N) is 6. The number of rotatable bonds is 16.